The number of nitrogens with one attached hydrogen (secondary N) is 7. The van der Waals surface area contributed by atoms with Gasteiger partial charge in [-0.3, -0.25) is 9.59 Å². The van der Waals surface area contributed by atoms with Crippen molar-refractivity contribution in [3.05, 3.63) is 0 Å². The van der Waals surface area contributed by atoms with E-state index in [0.29, 0.717) is 6.54 Å². The van der Waals surface area contributed by atoms with E-state index >= 15 is 0 Å². The first-order valence-corrected chi connectivity index (χ1v) is 13.1. The SMILES string of the molecule is C.C.C.CC(=O)NCCNCC[NH2+]CCNCCNCC[NH2+]CCNCCNCC[NH2+]CCNC(C)=O. The third kappa shape index (κ3) is 42.0. The van der Waals surface area contributed by atoms with Gasteiger partial charge in [-0.15, -0.1) is 0 Å². The van der Waals surface area contributed by atoms with Crippen molar-refractivity contribution < 1.29 is 25.5 Å². The summed E-state index contributed by atoms with van der Waals surface area (Å²) in [5.74, 6) is 0.0666. The molecule has 13 N–H and O–H groups in total. The van der Waals surface area contributed by atoms with Crippen molar-refractivity contribution in [3.63, 3.8) is 0 Å². The minimum absolute atomic E-state index is 0. The molecule has 0 aromatic rings. The molecular formula is C25H67N10O2+3. The number of carbonyl (C=O) groups excluding carboxylic acids is 2. The highest BCUT2D eigenvalue weighted by atomic mass is 16.2. The van der Waals surface area contributed by atoms with Gasteiger partial charge in [0.25, 0.3) is 0 Å². The zero-order valence-corrected chi connectivity index (χ0v) is 21.8. The van der Waals surface area contributed by atoms with E-state index < -0.39 is 0 Å². The van der Waals surface area contributed by atoms with E-state index in [-0.39, 0.29) is 34.1 Å². The Bertz CT molecular complexity index is 419. The van der Waals surface area contributed by atoms with E-state index in [1.54, 1.807) is 13.8 Å². The lowest BCUT2D eigenvalue weighted by molar-refractivity contribution is -0.651. The molecule has 0 aliphatic rings. The van der Waals surface area contributed by atoms with Gasteiger partial charge in [0.15, 0.2) is 0 Å². The van der Waals surface area contributed by atoms with Gasteiger partial charge in [-0.25, -0.2) is 0 Å². The van der Waals surface area contributed by atoms with Crippen molar-refractivity contribution in [2.45, 2.75) is 36.1 Å². The highest BCUT2D eigenvalue weighted by molar-refractivity contribution is 5.73. The smallest absolute Gasteiger partial charge is 0.217 e. The minimum atomic E-state index is 0. The van der Waals surface area contributed by atoms with Crippen LogP contribution >= 0.6 is 0 Å². The van der Waals surface area contributed by atoms with Gasteiger partial charge in [0.05, 0.1) is 45.8 Å². The Balaban J connectivity index is -0.00000181. The molecule has 0 aromatic carbocycles. The number of carbonyl (C=O) groups is 2. The molecule has 0 radical (unpaired) electrons. The Morgan fingerprint density at radius 1 is 0.405 bits per heavy atom. The normalized spacial score (nSPS) is 10.1. The summed E-state index contributed by atoms with van der Waals surface area (Å²) in [7, 11) is 0. The molecule has 0 aromatic heterocycles. The molecule has 0 rings (SSSR count). The van der Waals surface area contributed by atoms with Gasteiger partial charge in [-0.2, -0.15) is 0 Å². The molecule has 0 fully saturated rings. The molecule has 0 saturated carbocycles. The van der Waals surface area contributed by atoms with Crippen LogP contribution in [-0.2, 0) is 9.59 Å². The van der Waals surface area contributed by atoms with Crippen LogP contribution in [0.15, 0.2) is 0 Å². The summed E-state index contributed by atoms with van der Waals surface area (Å²) in [6.07, 6.45) is 0. The Hall–Kier alpha value is -1.38. The van der Waals surface area contributed by atoms with Crippen molar-refractivity contribution in [3.8, 4) is 0 Å². The number of hydrogen-bond acceptors (Lipinski definition) is 7. The van der Waals surface area contributed by atoms with E-state index in [9.17, 15) is 9.59 Å². The summed E-state index contributed by atoms with van der Waals surface area (Å²) in [4.78, 5) is 21.5. The zero-order valence-electron chi connectivity index (χ0n) is 21.8. The molecule has 0 heterocycles. The van der Waals surface area contributed by atoms with E-state index in [1.807, 2.05) is 0 Å². The van der Waals surface area contributed by atoms with Crippen molar-refractivity contribution in [2.75, 3.05) is 118 Å². The predicted molar refractivity (Wildman–Crippen MR) is 157 cm³/mol. The second-order valence-electron chi connectivity index (χ2n) is 8.31. The number of quaternary nitrogens is 3. The van der Waals surface area contributed by atoms with Gasteiger partial charge in [0.1, 0.15) is 0 Å². The fourth-order valence-electron chi connectivity index (χ4n) is 3.11. The zero-order chi connectivity index (χ0) is 25.0. The summed E-state index contributed by atoms with van der Waals surface area (Å²) in [6, 6.07) is 0. The summed E-state index contributed by atoms with van der Waals surface area (Å²) >= 11 is 0. The maximum Gasteiger partial charge on any atom is 0.217 e. The molecular weight excluding hydrogens is 472 g/mol. The summed E-state index contributed by atoms with van der Waals surface area (Å²) in [6.45, 7) is 20.7. The van der Waals surface area contributed by atoms with E-state index in [2.05, 4.69) is 53.2 Å². The van der Waals surface area contributed by atoms with Gasteiger partial charge < -0.3 is 53.2 Å². The first kappa shape index (κ1) is 42.7. The Morgan fingerprint density at radius 2 is 0.649 bits per heavy atom. The Labute approximate surface area is 228 Å². The van der Waals surface area contributed by atoms with Crippen molar-refractivity contribution in [2.24, 2.45) is 0 Å². The quantitative estimate of drug-likeness (QED) is 0.0466. The lowest BCUT2D eigenvalue weighted by Gasteiger charge is -2.08. The molecule has 0 aliphatic heterocycles. The summed E-state index contributed by atoms with van der Waals surface area (Å²) in [5, 5.41) is 29.6. The van der Waals surface area contributed by atoms with Crippen molar-refractivity contribution >= 4 is 11.8 Å². The number of nitrogens with two attached hydrogens (primary N) is 3. The molecule has 226 valence electrons. The largest absolute Gasteiger partial charge is 0.355 e. The van der Waals surface area contributed by atoms with Crippen LogP contribution in [0, 0.1) is 0 Å². The van der Waals surface area contributed by atoms with Crippen LogP contribution in [0.4, 0.5) is 0 Å². The van der Waals surface area contributed by atoms with Gasteiger partial charge >= 0.3 is 0 Å². The summed E-state index contributed by atoms with van der Waals surface area (Å²) < 4.78 is 0. The van der Waals surface area contributed by atoms with Gasteiger partial charge in [-0.05, 0) is 0 Å². The standard InChI is InChI=1S/C22H52N10O2.3CH4/c1-21(33)31-19-17-29-15-13-27-11-9-25-7-5-23-3-4-24-6-8-26-10-12-28-14-16-30-18-20-32-22(2)34;;;/h23-30H,3-20H2,1-2H3,(H,31,33)(H,32,34);3*1H4/p+3. The van der Waals surface area contributed by atoms with Crippen LogP contribution in [0.2, 0.25) is 0 Å². The number of amides is 2. The van der Waals surface area contributed by atoms with E-state index in [0.717, 1.165) is 111 Å². The average molecular weight is 540 g/mol. The third-order valence-corrected chi connectivity index (χ3v) is 4.98. The molecule has 37 heavy (non-hydrogen) atoms. The Kier molecular flexibility index (Phi) is 42.4. The Morgan fingerprint density at radius 3 is 0.946 bits per heavy atom. The van der Waals surface area contributed by atoms with Gasteiger partial charge in [0, 0.05) is 85.8 Å². The maximum absolute atomic E-state index is 10.7. The van der Waals surface area contributed by atoms with Crippen LogP contribution in [0.25, 0.3) is 0 Å². The first-order chi connectivity index (χ1) is 16.6. The molecule has 0 atom stereocenters. The molecule has 0 aliphatic carbocycles. The average Bonchev–Trinajstić information content (AvgIpc) is 2.80. The van der Waals surface area contributed by atoms with Crippen LogP contribution < -0.4 is 53.2 Å². The van der Waals surface area contributed by atoms with Gasteiger partial charge in [0.2, 0.25) is 11.8 Å². The van der Waals surface area contributed by atoms with Crippen LogP contribution in [-0.4, -0.2) is 130 Å². The highest BCUT2D eigenvalue weighted by Crippen LogP contribution is 1.62. The van der Waals surface area contributed by atoms with Crippen molar-refractivity contribution in [1.82, 2.24) is 37.2 Å². The molecule has 2 amide bonds. The predicted octanol–water partition coefficient (Wildman–Crippen LogP) is -5.19. The van der Waals surface area contributed by atoms with Crippen LogP contribution in [0.3, 0.4) is 0 Å². The maximum atomic E-state index is 10.7. The van der Waals surface area contributed by atoms with E-state index in [1.165, 1.54) is 0 Å². The fraction of sp³-hybridized carbons (Fsp3) is 0.920. The number of hydrogen-bond donors (Lipinski definition) is 10. The van der Waals surface area contributed by atoms with Crippen molar-refractivity contribution in [1.29, 1.82) is 0 Å². The minimum Gasteiger partial charge on any atom is -0.355 e. The second kappa shape index (κ2) is 36.8. The molecule has 12 nitrogen and oxygen atoms in total. The van der Waals surface area contributed by atoms with Crippen LogP contribution in [0.5, 0.6) is 0 Å². The molecule has 12 heteroatoms. The molecule has 0 saturated heterocycles. The molecule has 0 bridgehead atoms. The molecule has 0 unspecified atom stereocenters. The number of rotatable bonds is 27. The third-order valence-electron chi connectivity index (χ3n) is 4.98. The molecule has 0 spiro atoms. The monoisotopic (exact) mass is 540 g/mol. The lowest BCUT2D eigenvalue weighted by Crippen LogP contribution is -2.87. The second-order valence-corrected chi connectivity index (χ2v) is 8.31. The van der Waals surface area contributed by atoms with E-state index in [4.69, 9.17) is 0 Å². The van der Waals surface area contributed by atoms with Gasteiger partial charge in [-0.1, -0.05) is 22.3 Å². The van der Waals surface area contributed by atoms with Crippen LogP contribution in [0.1, 0.15) is 36.1 Å². The lowest BCUT2D eigenvalue weighted by atomic mass is 10.5. The highest BCUT2D eigenvalue weighted by Gasteiger charge is 1.96. The summed E-state index contributed by atoms with van der Waals surface area (Å²) in [5.41, 5.74) is 0. The topological polar surface area (TPSA) is 168 Å². The fourth-order valence-corrected chi connectivity index (χ4v) is 3.11. The first-order valence-electron chi connectivity index (χ1n) is 13.1.